The molecule has 1 N–H and O–H groups in total. The monoisotopic (exact) mass is 224 g/mol. The molecule has 0 radical (unpaired) electrons. The molecule has 0 aromatic carbocycles. The van der Waals surface area contributed by atoms with Crippen LogP contribution in [-0.4, -0.2) is 30.1 Å². The van der Waals surface area contributed by atoms with Crippen molar-refractivity contribution in [3.8, 4) is 0 Å². The van der Waals surface area contributed by atoms with Crippen molar-refractivity contribution in [2.24, 2.45) is 0 Å². The Hall–Kier alpha value is -1.49. The second-order valence-corrected chi connectivity index (χ2v) is 3.73. The average molecular weight is 224 g/mol. The van der Waals surface area contributed by atoms with Crippen molar-refractivity contribution in [3.05, 3.63) is 29.8 Å². The Bertz CT molecular complexity index is 361. The first-order chi connectivity index (χ1) is 7.75. The molecular formula is C11H13FN2O2. The van der Waals surface area contributed by atoms with Gasteiger partial charge in [0.2, 0.25) is 5.95 Å². The maximum Gasteiger partial charge on any atom is 0.253 e. The van der Waals surface area contributed by atoms with E-state index in [0.29, 0.717) is 18.8 Å². The molecule has 86 valence electrons. The highest BCUT2D eigenvalue weighted by atomic mass is 19.1. The zero-order chi connectivity index (χ0) is 11.4. The number of rotatable bonds is 2. The van der Waals surface area contributed by atoms with Gasteiger partial charge in [0, 0.05) is 25.5 Å². The summed E-state index contributed by atoms with van der Waals surface area (Å²) in [5.74, 6) is -0.790. The van der Waals surface area contributed by atoms with Gasteiger partial charge in [-0.25, -0.2) is 4.98 Å². The summed E-state index contributed by atoms with van der Waals surface area (Å²) >= 11 is 0. The van der Waals surface area contributed by atoms with Gasteiger partial charge < -0.3 is 10.1 Å². The van der Waals surface area contributed by atoms with Gasteiger partial charge >= 0.3 is 0 Å². The van der Waals surface area contributed by atoms with E-state index in [1.54, 1.807) is 0 Å². The third-order valence-corrected chi connectivity index (χ3v) is 2.55. The molecule has 1 aliphatic rings. The lowest BCUT2D eigenvalue weighted by Gasteiger charge is -2.22. The molecule has 4 nitrogen and oxygen atoms in total. The van der Waals surface area contributed by atoms with Crippen molar-refractivity contribution in [1.82, 2.24) is 10.3 Å². The van der Waals surface area contributed by atoms with E-state index in [-0.39, 0.29) is 11.9 Å². The SMILES string of the molecule is O=C(NC1CCOCC1)c1ccc(F)nc1. The summed E-state index contributed by atoms with van der Waals surface area (Å²) in [6.07, 6.45) is 2.88. The van der Waals surface area contributed by atoms with E-state index in [1.807, 2.05) is 0 Å². The largest absolute Gasteiger partial charge is 0.381 e. The lowest BCUT2D eigenvalue weighted by atomic mass is 10.1. The molecule has 5 heteroatoms. The predicted octanol–water partition coefficient (Wildman–Crippen LogP) is 1.13. The summed E-state index contributed by atoms with van der Waals surface area (Å²) < 4.78 is 17.7. The van der Waals surface area contributed by atoms with Gasteiger partial charge in [0.1, 0.15) is 0 Å². The van der Waals surface area contributed by atoms with Crippen LogP contribution in [0.4, 0.5) is 4.39 Å². The molecule has 2 rings (SSSR count). The van der Waals surface area contributed by atoms with E-state index >= 15 is 0 Å². The number of ether oxygens (including phenoxy) is 1. The van der Waals surface area contributed by atoms with Crippen LogP contribution in [0, 0.1) is 5.95 Å². The lowest BCUT2D eigenvalue weighted by Crippen LogP contribution is -2.38. The summed E-state index contributed by atoms with van der Waals surface area (Å²) in [6, 6.07) is 2.75. The van der Waals surface area contributed by atoms with Crippen LogP contribution < -0.4 is 5.32 Å². The number of nitrogens with one attached hydrogen (secondary N) is 1. The molecule has 2 heterocycles. The number of carbonyl (C=O) groups excluding carboxylic acids is 1. The van der Waals surface area contributed by atoms with Crippen LogP contribution in [0.1, 0.15) is 23.2 Å². The van der Waals surface area contributed by atoms with Crippen molar-refractivity contribution >= 4 is 5.91 Å². The number of amides is 1. The molecule has 0 spiro atoms. The number of carbonyl (C=O) groups is 1. The smallest absolute Gasteiger partial charge is 0.253 e. The van der Waals surface area contributed by atoms with Crippen molar-refractivity contribution < 1.29 is 13.9 Å². The number of aromatic nitrogens is 1. The molecule has 0 bridgehead atoms. The summed E-state index contributed by atoms with van der Waals surface area (Å²) in [4.78, 5) is 15.2. The second-order valence-electron chi connectivity index (χ2n) is 3.73. The summed E-state index contributed by atoms with van der Waals surface area (Å²) in [6.45, 7) is 1.35. The molecule has 1 amide bonds. The molecule has 0 aliphatic carbocycles. The molecule has 1 fully saturated rings. The minimum Gasteiger partial charge on any atom is -0.381 e. The van der Waals surface area contributed by atoms with E-state index in [4.69, 9.17) is 4.74 Å². The van der Waals surface area contributed by atoms with Crippen LogP contribution in [0.5, 0.6) is 0 Å². The maximum atomic E-state index is 12.5. The highest BCUT2D eigenvalue weighted by Crippen LogP contribution is 2.07. The summed E-state index contributed by atoms with van der Waals surface area (Å²) in [7, 11) is 0. The first-order valence-electron chi connectivity index (χ1n) is 5.26. The molecule has 1 aliphatic heterocycles. The Balaban J connectivity index is 1.94. The van der Waals surface area contributed by atoms with Crippen molar-refractivity contribution in [3.63, 3.8) is 0 Å². The number of nitrogens with zero attached hydrogens (tertiary/aromatic N) is 1. The zero-order valence-electron chi connectivity index (χ0n) is 8.78. The molecule has 0 atom stereocenters. The normalized spacial score (nSPS) is 17.1. The topological polar surface area (TPSA) is 51.2 Å². The van der Waals surface area contributed by atoms with Gasteiger partial charge in [-0.2, -0.15) is 4.39 Å². The van der Waals surface area contributed by atoms with Crippen molar-refractivity contribution in [2.75, 3.05) is 13.2 Å². The van der Waals surface area contributed by atoms with Crippen LogP contribution in [0.3, 0.4) is 0 Å². The molecular weight excluding hydrogens is 211 g/mol. The Morgan fingerprint density at radius 2 is 2.19 bits per heavy atom. The van der Waals surface area contributed by atoms with Gasteiger partial charge in [0.15, 0.2) is 0 Å². The first kappa shape index (κ1) is 11.0. The molecule has 1 saturated heterocycles. The van der Waals surface area contributed by atoms with Gasteiger partial charge in [-0.1, -0.05) is 0 Å². The number of hydrogen-bond donors (Lipinski definition) is 1. The maximum absolute atomic E-state index is 12.5. The minimum atomic E-state index is -0.581. The first-order valence-corrected chi connectivity index (χ1v) is 5.26. The van der Waals surface area contributed by atoms with Gasteiger partial charge in [0.05, 0.1) is 5.56 Å². The van der Waals surface area contributed by atoms with Crippen molar-refractivity contribution in [2.45, 2.75) is 18.9 Å². The molecule has 1 aromatic rings. The average Bonchev–Trinajstić information content (AvgIpc) is 2.31. The predicted molar refractivity (Wildman–Crippen MR) is 55.5 cm³/mol. The molecule has 16 heavy (non-hydrogen) atoms. The van der Waals surface area contributed by atoms with E-state index in [0.717, 1.165) is 12.8 Å². The van der Waals surface area contributed by atoms with E-state index in [1.165, 1.54) is 18.3 Å². The number of hydrogen-bond acceptors (Lipinski definition) is 3. The van der Waals surface area contributed by atoms with E-state index in [9.17, 15) is 9.18 Å². The van der Waals surface area contributed by atoms with Crippen LogP contribution in [0.2, 0.25) is 0 Å². The highest BCUT2D eigenvalue weighted by Gasteiger charge is 2.16. The third-order valence-electron chi connectivity index (χ3n) is 2.55. The molecule has 1 aromatic heterocycles. The van der Waals surface area contributed by atoms with Crippen LogP contribution in [0.25, 0.3) is 0 Å². The fourth-order valence-corrected chi connectivity index (χ4v) is 1.62. The fourth-order valence-electron chi connectivity index (χ4n) is 1.62. The number of pyridine rings is 1. The summed E-state index contributed by atoms with van der Waals surface area (Å²) in [5, 5.41) is 2.87. The van der Waals surface area contributed by atoms with Crippen LogP contribution >= 0.6 is 0 Å². The Morgan fingerprint density at radius 1 is 1.44 bits per heavy atom. The number of halogens is 1. The van der Waals surface area contributed by atoms with Crippen LogP contribution in [0.15, 0.2) is 18.3 Å². The Kier molecular flexibility index (Phi) is 3.46. The van der Waals surface area contributed by atoms with Gasteiger partial charge in [-0.05, 0) is 25.0 Å². The zero-order valence-corrected chi connectivity index (χ0v) is 8.78. The molecule has 0 saturated carbocycles. The molecule has 0 unspecified atom stereocenters. The quantitative estimate of drug-likeness (QED) is 0.766. The fraction of sp³-hybridized carbons (Fsp3) is 0.455. The second kappa shape index (κ2) is 5.03. The van der Waals surface area contributed by atoms with E-state index < -0.39 is 5.95 Å². The third kappa shape index (κ3) is 2.76. The lowest BCUT2D eigenvalue weighted by molar-refractivity contribution is 0.0696. The highest BCUT2D eigenvalue weighted by molar-refractivity contribution is 5.94. The van der Waals surface area contributed by atoms with Crippen molar-refractivity contribution in [1.29, 1.82) is 0 Å². The Morgan fingerprint density at radius 3 is 2.81 bits per heavy atom. The Labute approximate surface area is 92.8 Å². The van der Waals surface area contributed by atoms with Crippen LogP contribution in [-0.2, 0) is 4.74 Å². The standard InChI is InChI=1S/C11H13FN2O2/c12-10-2-1-8(7-13-10)11(15)14-9-3-5-16-6-4-9/h1-2,7,9H,3-6H2,(H,14,15). The minimum absolute atomic E-state index is 0.145. The summed E-state index contributed by atoms with van der Waals surface area (Å²) in [5.41, 5.74) is 0.382. The van der Waals surface area contributed by atoms with Gasteiger partial charge in [0.25, 0.3) is 5.91 Å². The van der Waals surface area contributed by atoms with Gasteiger partial charge in [-0.15, -0.1) is 0 Å². The van der Waals surface area contributed by atoms with E-state index in [2.05, 4.69) is 10.3 Å². The van der Waals surface area contributed by atoms with Gasteiger partial charge in [-0.3, -0.25) is 4.79 Å².